The van der Waals surface area contributed by atoms with Crippen LogP contribution in [0.1, 0.15) is 29.5 Å². The van der Waals surface area contributed by atoms with Crippen molar-refractivity contribution < 1.29 is 0 Å². The van der Waals surface area contributed by atoms with Crippen LogP contribution in [0.4, 0.5) is 11.6 Å². The number of hydrogen-bond donors (Lipinski definition) is 0. The van der Waals surface area contributed by atoms with Crippen molar-refractivity contribution in [1.82, 2.24) is 18.7 Å². The molecule has 0 fully saturated rings. The Labute approximate surface area is 192 Å². The summed E-state index contributed by atoms with van der Waals surface area (Å²) in [5.74, 6) is 0.730. The van der Waals surface area contributed by atoms with Crippen LogP contribution in [0, 0.1) is 13.8 Å². The fourth-order valence-electron chi connectivity index (χ4n) is 4.69. The number of aromatic nitrogens is 4. The van der Waals surface area contributed by atoms with Gasteiger partial charge in [-0.15, -0.1) is 0 Å². The van der Waals surface area contributed by atoms with Crippen LogP contribution in [0.5, 0.6) is 0 Å². The largest absolute Gasteiger partial charge is 0.332 e. The first-order chi connectivity index (χ1) is 16.0. The van der Waals surface area contributed by atoms with Gasteiger partial charge >= 0.3 is 5.69 Å². The maximum Gasteiger partial charge on any atom is 0.332 e. The molecule has 0 saturated carbocycles. The molecule has 5 rings (SSSR count). The van der Waals surface area contributed by atoms with Gasteiger partial charge in [0.1, 0.15) is 0 Å². The lowest BCUT2D eigenvalue weighted by molar-refractivity contribution is 0.565. The molecule has 2 aromatic heterocycles. The zero-order valence-electron chi connectivity index (χ0n) is 19.4. The molecule has 0 spiro atoms. The Morgan fingerprint density at radius 2 is 1.76 bits per heavy atom. The molecule has 0 radical (unpaired) electrons. The van der Waals surface area contributed by atoms with Crippen LogP contribution < -0.4 is 16.1 Å². The average molecular weight is 444 g/mol. The van der Waals surface area contributed by atoms with E-state index in [-0.39, 0.29) is 11.2 Å². The highest BCUT2D eigenvalue weighted by Crippen LogP contribution is 2.31. The molecule has 0 bridgehead atoms. The van der Waals surface area contributed by atoms with Crippen molar-refractivity contribution in [3.8, 4) is 0 Å². The molecule has 2 aromatic carbocycles. The molecule has 170 valence electrons. The van der Waals surface area contributed by atoms with Gasteiger partial charge in [0.2, 0.25) is 5.95 Å². The second kappa shape index (κ2) is 8.39. The minimum atomic E-state index is -0.311. The Hall–Kier alpha value is -3.61. The smallest absolute Gasteiger partial charge is 0.312 e. The highest BCUT2D eigenvalue weighted by molar-refractivity contribution is 5.77. The number of nitrogens with zero attached hydrogens (tertiary/aromatic N) is 5. The van der Waals surface area contributed by atoms with Crippen molar-refractivity contribution in [2.75, 3.05) is 11.4 Å². The third-order valence-corrected chi connectivity index (χ3v) is 6.71. The molecule has 4 aromatic rings. The molecule has 1 aliphatic rings. The SMILES string of the molecule is Cc1ccc(N2CCCn3c2nc2c3c(=O)n(CCCc3ccccc3)c(=O)n2C)cc1C. The summed E-state index contributed by atoms with van der Waals surface area (Å²) in [6.07, 6.45) is 2.45. The molecule has 7 heteroatoms. The van der Waals surface area contributed by atoms with Crippen LogP contribution >= 0.6 is 0 Å². The van der Waals surface area contributed by atoms with Crippen LogP contribution in [0.15, 0.2) is 58.1 Å². The molecule has 7 nitrogen and oxygen atoms in total. The number of aryl methyl sites for hydroxylation is 5. The maximum atomic E-state index is 13.5. The van der Waals surface area contributed by atoms with E-state index in [1.807, 2.05) is 22.8 Å². The zero-order valence-corrected chi connectivity index (χ0v) is 19.4. The van der Waals surface area contributed by atoms with Gasteiger partial charge in [0.15, 0.2) is 11.2 Å². The summed E-state index contributed by atoms with van der Waals surface area (Å²) in [4.78, 5) is 33.5. The van der Waals surface area contributed by atoms with Crippen molar-refractivity contribution in [1.29, 1.82) is 0 Å². The fourth-order valence-corrected chi connectivity index (χ4v) is 4.69. The summed E-state index contributed by atoms with van der Waals surface area (Å²) in [6.45, 7) is 6.12. The molecule has 0 saturated heterocycles. The van der Waals surface area contributed by atoms with E-state index in [0.29, 0.717) is 24.3 Å². The molecule has 0 amide bonds. The van der Waals surface area contributed by atoms with Gasteiger partial charge in [0.25, 0.3) is 5.56 Å². The molecular weight excluding hydrogens is 414 g/mol. The predicted molar refractivity (Wildman–Crippen MR) is 132 cm³/mol. The number of benzene rings is 2. The summed E-state index contributed by atoms with van der Waals surface area (Å²) in [6, 6.07) is 16.5. The average Bonchev–Trinajstić information content (AvgIpc) is 3.22. The molecule has 0 unspecified atom stereocenters. The van der Waals surface area contributed by atoms with Gasteiger partial charge < -0.3 is 9.47 Å². The maximum absolute atomic E-state index is 13.5. The van der Waals surface area contributed by atoms with E-state index in [1.165, 1.54) is 25.8 Å². The first-order valence-electron chi connectivity index (χ1n) is 11.5. The van der Waals surface area contributed by atoms with E-state index in [2.05, 4.69) is 49.1 Å². The van der Waals surface area contributed by atoms with E-state index in [1.54, 1.807) is 7.05 Å². The molecule has 3 heterocycles. The summed E-state index contributed by atoms with van der Waals surface area (Å²) in [7, 11) is 1.71. The predicted octanol–water partition coefficient (Wildman–Crippen LogP) is 3.69. The van der Waals surface area contributed by atoms with Gasteiger partial charge in [0, 0.05) is 32.4 Å². The van der Waals surface area contributed by atoms with E-state index in [0.717, 1.165) is 37.4 Å². The number of fused-ring (bicyclic) bond motifs is 3. The van der Waals surface area contributed by atoms with Crippen LogP contribution in [0.2, 0.25) is 0 Å². The first-order valence-corrected chi connectivity index (χ1v) is 11.5. The van der Waals surface area contributed by atoms with Crippen LogP contribution in [0.3, 0.4) is 0 Å². The number of rotatable bonds is 5. The second-order valence-corrected chi connectivity index (χ2v) is 8.90. The van der Waals surface area contributed by atoms with Crippen molar-refractivity contribution >= 4 is 22.8 Å². The van der Waals surface area contributed by atoms with Crippen molar-refractivity contribution in [2.24, 2.45) is 7.05 Å². The monoisotopic (exact) mass is 443 g/mol. The zero-order chi connectivity index (χ0) is 23.1. The minimum Gasteiger partial charge on any atom is -0.312 e. The van der Waals surface area contributed by atoms with Gasteiger partial charge in [-0.3, -0.25) is 13.9 Å². The van der Waals surface area contributed by atoms with Crippen molar-refractivity contribution in [3.05, 3.63) is 86.1 Å². The number of hydrogen-bond acceptors (Lipinski definition) is 4. The molecule has 33 heavy (non-hydrogen) atoms. The minimum absolute atomic E-state index is 0.248. The normalized spacial score (nSPS) is 13.5. The van der Waals surface area contributed by atoms with Gasteiger partial charge in [-0.1, -0.05) is 36.4 Å². The highest BCUT2D eigenvalue weighted by Gasteiger charge is 2.27. The van der Waals surface area contributed by atoms with Crippen LogP contribution in [0.25, 0.3) is 11.2 Å². The van der Waals surface area contributed by atoms with Gasteiger partial charge in [0.05, 0.1) is 0 Å². The Morgan fingerprint density at radius 3 is 2.52 bits per heavy atom. The van der Waals surface area contributed by atoms with E-state index < -0.39 is 0 Å². The molecular formula is C26H29N5O2. The van der Waals surface area contributed by atoms with E-state index in [4.69, 9.17) is 4.98 Å². The van der Waals surface area contributed by atoms with E-state index in [9.17, 15) is 9.59 Å². The fraction of sp³-hybridized carbons (Fsp3) is 0.346. The Bertz CT molecular complexity index is 1450. The highest BCUT2D eigenvalue weighted by atomic mass is 16.2. The second-order valence-electron chi connectivity index (χ2n) is 8.90. The molecule has 0 aliphatic carbocycles. The lowest BCUT2D eigenvalue weighted by Crippen LogP contribution is -2.40. The lowest BCUT2D eigenvalue weighted by atomic mass is 10.1. The number of anilines is 2. The third kappa shape index (κ3) is 3.67. The van der Waals surface area contributed by atoms with Gasteiger partial charge in [-0.2, -0.15) is 4.98 Å². The summed E-state index contributed by atoms with van der Waals surface area (Å²) < 4.78 is 4.88. The van der Waals surface area contributed by atoms with Crippen molar-refractivity contribution in [3.63, 3.8) is 0 Å². The Balaban J connectivity index is 1.56. The number of imidazole rings is 1. The first kappa shape index (κ1) is 21.2. The Morgan fingerprint density at radius 1 is 0.970 bits per heavy atom. The van der Waals surface area contributed by atoms with Gasteiger partial charge in [-0.25, -0.2) is 4.79 Å². The lowest BCUT2D eigenvalue weighted by Gasteiger charge is -2.29. The molecule has 0 atom stereocenters. The summed E-state index contributed by atoms with van der Waals surface area (Å²) >= 11 is 0. The molecule has 0 N–H and O–H groups in total. The summed E-state index contributed by atoms with van der Waals surface area (Å²) in [5, 5.41) is 0. The van der Waals surface area contributed by atoms with Crippen LogP contribution in [-0.4, -0.2) is 25.2 Å². The van der Waals surface area contributed by atoms with E-state index >= 15 is 0 Å². The quantitative estimate of drug-likeness (QED) is 0.472. The standard InChI is InChI=1S/C26H29N5O2/c1-18-12-13-21(17-19(18)2)29-15-8-16-30-22-23(27-25(29)30)28(3)26(33)31(24(22)32)14-7-11-20-9-5-4-6-10-20/h4-6,9-10,12-13,17H,7-8,11,14-16H2,1-3H3. The van der Waals surface area contributed by atoms with Gasteiger partial charge in [-0.05, 0) is 61.9 Å². The van der Waals surface area contributed by atoms with Crippen molar-refractivity contribution in [2.45, 2.75) is 46.2 Å². The third-order valence-electron chi connectivity index (χ3n) is 6.71. The van der Waals surface area contributed by atoms with Crippen LogP contribution in [-0.2, 0) is 26.6 Å². The summed E-state index contributed by atoms with van der Waals surface area (Å²) in [5.41, 5.74) is 5.13. The molecule has 1 aliphatic heterocycles. The Kier molecular flexibility index (Phi) is 5.40. The topological polar surface area (TPSA) is 65.1 Å².